The molecular weight excluding hydrogens is 471 g/mol. The monoisotopic (exact) mass is 492 g/mol. The molecule has 0 aromatic heterocycles. The van der Waals surface area contributed by atoms with Crippen molar-refractivity contribution in [2.45, 2.75) is 31.7 Å². The fraction of sp³-hybridized carbons (Fsp3) is 0.391. The number of nitrogens with one attached hydrogen (secondary N) is 1. The maximum atomic E-state index is 6.53. The van der Waals surface area contributed by atoms with Crippen molar-refractivity contribution in [3.8, 4) is 0 Å². The fourth-order valence-corrected chi connectivity index (χ4v) is 5.89. The molecule has 3 atom stereocenters. The number of rotatable bonds is 4. The van der Waals surface area contributed by atoms with Crippen LogP contribution >= 0.6 is 47.0 Å². The molecule has 1 saturated heterocycles. The number of hydrogen-bond acceptors (Lipinski definition) is 4. The minimum absolute atomic E-state index is 0.0244. The van der Waals surface area contributed by atoms with Gasteiger partial charge in [-0.15, -0.1) is 0 Å². The minimum Gasteiger partial charge on any atom is -0.308 e. The Morgan fingerprint density at radius 2 is 1.65 bits per heavy atom. The van der Waals surface area contributed by atoms with Gasteiger partial charge in [0.15, 0.2) is 0 Å². The van der Waals surface area contributed by atoms with Gasteiger partial charge in [-0.05, 0) is 60.6 Å². The summed E-state index contributed by atoms with van der Waals surface area (Å²) in [5.41, 5.74) is 6.23. The molecule has 2 fully saturated rings. The van der Waals surface area contributed by atoms with Gasteiger partial charge in [0.2, 0.25) is 0 Å². The fourth-order valence-electron chi connectivity index (χ4n) is 5.02. The highest BCUT2D eigenvalue weighted by molar-refractivity contribution is 7.82. The maximum absolute atomic E-state index is 6.53. The summed E-state index contributed by atoms with van der Waals surface area (Å²) in [6, 6.07) is 13.3. The highest BCUT2D eigenvalue weighted by Gasteiger charge is 2.38. The number of nitrogens with zero attached hydrogens (tertiary/aromatic N) is 3. The van der Waals surface area contributed by atoms with Crippen LogP contribution in [0.5, 0.6) is 0 Å². The first-order valence-corrected chi connectivity index (χ1v) is 12.2. The van der Waals surface area contributed by atoms with Gasteiger partial charge in [-0.2, -0.15) is 5.10 Å². The zero-order valence-electron chi connectivity index (χ0n) is 16.9. The van der Waals surface area contributed by atoms with Crippen LogP contribution in [-0.2, 0) is 0 Å². The van der Waals surface area contributed by atoms with Crippen LogP contribution in [0.25, 0.3) is 0 Å². The molecule has 0 amide bonds. The third-order valence-electron chi connectivity index (χ3n) is 6.57. The van der Waals surface area contributed by atoms with E-state index in [1.54, 1.807) is 6.07 Å². The quantitative estimate of drug-likeness (QED) is 0.491. The predicted molar refractivity (Wildman–Crippen MR) is 133 cm³/mol. The largest absolute Gasteiger partial charge is 0.308 e. The average Bonchev–Trinajstić information content (AvgIpc) is 3.43. The number of halogens is 3. The van der Waals surface area contributed by atoms with Crippen LogP contribution in [0.4, 0.5) is 5.69 Å². The van der Waals surface area contributed by atoms with E-state index >= 15 is 0 Å². The van der Waals surface area contributed by atoms with Crippen molar-refractivity contribution in [3.05, 3.63) is 63.1 Å². The second-order valence-corrected chi connectivity index (χ2v) is 10.2. The van der Waals surface area contributed by atoms with Gasteiger partial charge in [-0.25, -0.2) is 5.01 Å². The standard InChI is InChI=1S/C23H23Cl3N4S/c24-17-6-4-14(5-7-17)22-11-20(27-30(22)21-9-8-18(25)10-19(21)26)23(31)28-29-12-15-2-1-3-16(15)13-29/h4-10,15-16,22H,1-3,11-13H2,(H,28,31). The molecule has 1 saturated carbocycles. The van der Waals surface area contributed by atoms with Crippen LogP contribution in [0.1, 0.15) is 37.3 Å². The van der Waals surface area contributed by atoms with Crippen LogP contribution in [0.15, 0.2) is 47.6 Å². The summed E-state index contributed by atoms with van der Waals surface area (Å²) in [6.45, 7) is 2.12. The van der Waals surface area contributed by atoms with E-state index in [4.69, 9.17) is 52.1 Å². The van der Waals surface area contributed by atoms with Gasteiger partial charge in [0.05, 0.1) is 22.5 Å². The van der Waals surface area contributed by atoms with Crippen molar-refractivity contribution >= 4 is 63.4 Å². The number of hydrogen-bond donors (Lipinski definition) is 1. The van der Waals surface area contributed by atoms with E-state index in [2.05, 4.69) is 10.4 Å². The molecule has 3 unspecified atom stereocenters. The summed E-state index contributed by atoms with van der Waals surface area (Å²) >= 11 is 24.5. The Balaban J connectivity index is 1.39. The van der Waals surface area contributed by atoms with Crippen molar-refractivity contribution < 1.29 is 0 Å². The maximum Gasteiger partial charge on any atom is 0.137 e. The molecule has 1 N–H and O–H groups in total. The van der Waals surface area contributed by atoms with E-state index in [0.717, 1.165) is 41.9 Å². The van der Waals surface area contributed by atoms with Gasteiger partial charge in [-0.3, -0.25) is 5.01 Å². The van der Waals surface area contributed by atoms with Crippen molar-refractivity contribution in [2.24, 2.45) is 16.9 Å². The number of anilines is 1. The average molecular weight is 494 g/mol. The Morgan fingerprint density at radius 1 is 0.968 bits per heavy atom. The van der Waals surface area contributed by atoms with E-state index in [-0.39, 0.29) is 6.04 Å². The molecule has 2 aromatic rings. The van der Waals surface area contributed by atoms with E-state index in [1.807, 2.05) is 41.4 Å². The van der Waals surface area contributed by atoms with Gasteiger partial charge >= 0.3 is 0 Å². The Morgan fingerprint density at radius 3 is 2.32 bits per heavy atom. The van der Waals surface area contributed by atoms with Gasteiger partial charge in [0, 0.05) is 29.6 Å². The molecule has 0 bridgehead atoms. The van der Waals surface area contributed by atoms with Gasteiger partial charge < -0.3 is 5.43 Å². The first-order chi connectivity index (χ1) is 15.0. The molecule has 2 aromatic carbocycles. The summed E-state index contributed by atoms with van der Waals surface area (Å²) in [5, 5.41) is 11.0. The van der Waals surface area contributed by atoms with Crippen LogP contribution in [0.2, 0.25) is 15.1 Å². The Kier molecular flexibility index (Phi) is 6.15. The number of hydrazone groups is 1. The molecule has 1 aliphatic carbocycles. The number of thiocarbonyl (C=S) groups is 1. The summed E-state index contributed by atoms with van der Waals surface area (Å²) in [5.74, 6) is 1.60. The predicted octanol–water partition coefficient (Wildman–Crippen LogP) is 6.52. The second-order valence-electron chi connectivity index (χ2n) is 8.56. The Hall–Kier alpha value is -1.37. The van der Waals surface area contributed by atoms with Crippen molar-refractivity contribution in [2.75, 3.05) is 18.1 Å². The van der Waals surface area contributed by atoms with Crippen LogP contribution in [0, 0.1) is 11.8 Å². The number of fused-ring (bicyclic) bond motifs is 1. The van der Waals surface area contributed by atoms with Gasteiger partial charge in [0.25, 0.3) is 0 Å². The summed E-state index contributed by atoms with van der Waals surface area (Å²) < 4.78 is 0. The lowest BCUT2D eigenvalue weighted by molar-refractivity contribution is 0.274. The number of benzene rings is 2. The third kappa shape index (κ3) is 4.44. The van der Waals surface area contributed by atoms with Crippen molar-refractivity contribution in [1.29, 1.82) is 0 Å². The molecule has 5 rings (SSSR count). The molecular formula is C23H23Cl3N4S. The van der Waals surface area contributed by atoms with E-state index in [9.17, 15) is 0 Å². The molecule has 4 nitrogen and oxygen atoms in total. The zero-order valence-corrected chi connectivity index (χ0v) is 20.0. The van der Waals surface area contributed by atoms with Crippen LogP contribution in [0.3, 0.4) is 0 Å². The van der Waals surface area contributed by atoms with Gasteiger partial charge in [0.1, 0.15) is 4.99 Å². The summed E-state index contributed by atoms with van der Waals surface area (Å²) in [6.07, 6.45) is 4.71. The molecule has 8 heteroatoms. The smallest absolute Gasteiger partial charge is 0.137 e. The minimum atomic E-state index is -0.0244. The highest BCUT2D eigenvalue weighted by atomic mass is 35.5. The molecule has 0 spiro atoms. The normalized spacial score (nSPS) is 25.6. The molecule has 2 heterocycles. The lowest BCUT2D eigenvalue weighted by Crippen LogP contribution is -2.43. The lowest BCUT2D eigenvalue weighted by atomic mass is 10.0. The van der Waals surface area contributed by atoms with E-state index < -0.39 is 0 Å². The first kappa shape index (κ1) is 21.5. The van der Waals surface area contributed by atoms with Crippen molar-refractivity contribution in [1.82, 2.24) is 10.4 Å². The van der Waals surface area contributed by atoms with Crippen LogP contribution < -0.4 is 10.4 Å². The highest BCUT2D eigenvalue weighted by Crippen LogP contribution is 2.40. The van der Waals surface area contributed by atoms with Crippen molar-refractivity contribution in [3.63, 3.8) is 0 Å². The lowest BCUT2D eigenvalue weighted by Gasteiger charge is -2.25. The summed E-state index contributed by atoms with van der Waals surface area (Å²) in [7, 11) is 0. The second kappa shape index (κ2) is 8.87. The molecule has 0 radical (unpaired) electrons. The SMILES string of the molecule is S=C(NN1CC2CCCC2C1)C1=NN(c2ccc(Cl)cc2Cl)C(c2ccc(Cl)cc2)C1. The third-order valence-corrected chi connectivity index (χ3v) is 7.69. The van der Waals surface area contributed by atoms with E-state index in [1.165, 1.54) is 19.3 Å². The molecule has 3 aliphatic rings. The Bertz CT molecular complexity index is 1010. The molecule has 2 aliphatic heterocycles. The van der Waals surface area contributed by atoms with Gasteiger partial charge in [-0.1, -0.05) is 65.6 Å². The van der Waals surface area contributed by atoms with E-state index in [0.29, 0.717) is 26.5 Å². The Labute approximate surface area is 203 Å². The topological polar surface area (TPSA) is 30.9 Å². The zero-order chi connectivity index (χ0) is 21.5. The molecule has 162 valence electrons. The first-order valence-electron chi connectivity index (χ1n) is 10.6. The van der Waals surface area contributed by atoms with Crippen LogP contribution in [-0.4, -0.2) is 28.8 Å². The number of hydrazine groups is 1. The summed E-state index contributed by atoms with van der Waals surface area (Å²) in [4.78, 5) is 0.687. The molecule has 31 heavy (non-hydrogen) atoms.